The van der Waals surface area contributed by atoms with Gasteiger partial charge in [0, 0.05) is 23.2 Å². The Bertz CT molecular complexity index is 555. The molecule has 1 unspecified atom stereocenters. The zero-order chi connectivity index (χ0) is 13.5. The number of hydrogen-bond acceptors (Lipinski definition) is 3. The highest BCUT2D eigenvalue weighted by molar-refractivity contribution is 9.10. The van der Waals surface area contributed by atoms with E-state index >= 15 is 0 Å². The van der Waals surface area contributed by atoms with Crippen molar-refractivity contribution < 1.29 is 8.42 Å². The molecule has 0 aromatic heterocycles. The first-order chi connectivity index (χ1) is 8.34. The fraction of sp³-hybridized carbons (Fsp3) is 0.500. The Morgan fingerprint density at radius 3 is 2.56 bits per heavy atom. The van der Waals surface area contributed by atoms with E-state index in [1.165, 1.54) is 10.4 Å². The summed E-state index contributed by atoms with van der Waals surface area (Å²) in [6.45, 7) is 1.96. The molecule has 1 aromatic carbocycles. The first-order valence-electron chi connectivity index (χ1n) is 5.87. The molecule has 0 aliphatic heterocycles. The highest BCUT2D eigenvalue weighted by atomic mass is 79.9. The molecule has 1 aliphatic carbocycles. The topological polar surface area (TPSA) is 63.4 Å². The van der Waals surface area contributed by atoms with Crippen molar-refractivity contribution in [1.82, 2.24) is 4.31 Å². The summed E-state index contributed by atoms with van der Waals surface area (Å²) in [4.78, 5) is 0.248. The van der Waals surface area contributed by atoms with Crippen molar-refractivity contribution in [3.8, 4) is 0 Å². The van der Waals surface area contributed by atoms with Gasteiger partial charge in [0.2, 0.25) is 10.0 Å². The van der Waals surface area contributed by atoms with Gasteiger partial charge in [-0.3, -0.25) is 0 Å². The fourth-order valence-electron chi connectivity index (χ4n) is 1.94. The highest BCUT2D eigenvalue weighted by Crippen LogP contribution is 2.36. The molecule has 1 saturated carbocycles. The smallest absolute Gasteiger partial charge is 0.243 e. The van der Waals surface area contributed by atoms with Crippen molar-refractivity contribution in [3.63, 3.8) is 0 Å². The van der Waals surface area contributed by atoms with E-state index in [1.807, 2.05) is 6.92 Å². The van der Waals surface area contributed by atoms with Gasteiger partial charge in [-0.25, -0.2) is 8.42 Å². The maximum Gasteiger partial charge on any atom is 0.243 e. The van der Waals surface area contributed by atoms with Gasteiger partial charge in [0.05, 0.1) is 4.90 Å². The summed E-state index contributed by atoms with van der Waals surface area (Å²) in [5.41, 5.74) is 6.17. The lowest BCUT2D eigenvalue weighted by molar-refractivity contribution is 0.357. The molecule has 1 atom stereocenters. The minimum absolute atomic E-state index is 0.0415. The lowest BCUT2D eigenvalue weighted by Gasteiger charge is -2.24. The Balaban J connectivity index is 2.31. The quantitative estimate of drug-likeness (QED) is 0.861. The van der Waals surface area contributed by atoms with Crippen molar-refractivity contribution in [2.24, 2.45) is 5.92 Å². The van der Waals surface area contributed by atoms with E-state index in [0.29, 0.717) is 16.1 Å². The van der Waals surface area contributed by atoms with E-state index in [2.05, 4.69) is 15.9 Å². The summed E-state index contributed by atoms with van der Waals surface area (Å²) in [5.74, 6) is 0.498. The number of hydrogen-bond donors (Lipinski definition) is 1. The van der Waals surface area contributed by atoms with E-state index in [1.54, 1.807) is 19.2 Å². The molecule has 0 saturated heterocycles. The van der Waals surface area contributed by atoms with Gasteiger partial charge in [-0.2, -0.15) is 4.31 Å². The Hall–Kier alpha value is -0.590. The Morgan fingerprint density at radius 2 is 2.06 bits per heavy atom. The zero-order valence-electron chi connectivity index (χ0n) is 10.4. The number of halogens is 1. The highest BCUT2D eigenvalue weighted by Gasteiger charge is 2.36. The van der Waals surface area contributed by atoms with Crippen LogP contribution in [0.4, 0.5) is 5.69 Å². The maximum atomic E-state index is 12.4. The number of anilines is 1. The van der Waals surface area contributed by atoms with Gasteiger partial charge in [0.15, 0.2) is 0 Å². The van der Waals surface area contributed by atoms with Crippen LogP contribution in [0.15, 0.2) is 27.6 Å². The van der Waals surface area contributed by atoms with Crippen LogP contribution in [0.3, 0.4) is 0 Å². The Kier molecular flexibility index (Phi) is 3.71. The monoisotopic (exact) mass is 332 g/mol. The molecule has 1 aliphatic rings. The van der Waals surface area contributed by atoms with E-state index in [0.717, 1.165) is 12.8 Å². The van der Waals surface area contributed by atoms with Crippen LogP contribution < -0.4 is 5.73 Å². The zero-order valence-corrected chi connectivity index (χ0v) is 12.8. The van der Waals surface area contributed by atoms with E-state index in [4.69, 9.17) is 5.73 Å². The molecule has 1 fully saturated rings. The predicted octanol–water partition coefficient (Wildman–Crippen LogP) is 2.45. The number of nitrogen functional groups attached to an aromatic ring is 1. The molecule has 4 nitrogen and oxygen atoms in total. The minimum Gasteiger partial charge on any atom is -0.398 e. The second kappa shape index (κ2) is 4.83. The molecule has 1 aromatic rings. The Morgan fingerprint density at radius 1 is 1.44 bits per heavy atom. The van der Waals surface area contributed by atoms with Crippen LogP contribution in [0, 0.1) is 5.92 Å². The van der Waals surface area contributed by atoms with Crippen molar-refractivity contribution in [1.29, 1.82) is 0 Å². The molecule has 0 spiro atoms. The molecule has 0 heterocycles. The molecule has 18 heavy (non-hydrogen) atoms. The molecule has 100 valence electrons. The lowest BCUT2D eigenvalue weighted by atomic mass is 10.2. The van der Waals surface area contributed by atoms with Gasteiger partial charge in [-0.1, -0.05) is 0 Å². The largest absolute Gasteiger partial charge is 0.398 e. The third-order valence-corrected chi connectivity index (χ3v) is 6.18. The van der Waals surface area contributed by atoms with Crippen molar-refractivity contribution >= 4 is 31.6 Å². The van der Waals surface area contributed by atoms with Crippen molar-refractivity contribution in [3.05, 3.63) is 22.7 Å². The summed E-state index contributed by atoms with van der Waals surface area (Å²) in [6, 6.07) is 4.78. The SMILES string of the molecule is CC(C1CC1)N(C)S(=O)(=O)c1ccc(Br)c(N)c1. The van der Waals surface area contributed by atoms with E-state index in [-0.39, 0.29) is 10.9 Å². The van der Waals surface area contributed by atoms with Gasteiger partial charge in [-0.05, 0) is 59.8 Å². The average Bonchev–Trinajstić information content (AvgIpc) is 3.14. The number of rotatable bonds is 4. The van der Waals surface area contributed by atoms with Crippen LogP contribution in [0.2, 0.25) is 0 Å². The van der Waals surface area contributed by atoms with Crippen LogP contribution in [0.1, 0.15) is 19.8 Å². The van der Waals surface area contributed by atoms with Crippen LogP contribution in [0.5, 0.6) is 0 Å². The first-order valence-corrected chi connectivity index (χ1v) is 8.10. The summed E-state index contributed by atoms with van der Waals surface area (Å²) in [5, 5.41) is 0. The van der Waals surface area contributed by atoms with Gasteiger partial charge in [-0.15, -0.1) is 0 Å². The molecule has 0 amide bonds. The molecular formula is C12H17BrN2O2S. The normalized spacial score (nSPS) is 18.0. The maximum absolute atomic E-state index is 12.4. The van der Waals surface area contributed by atoms with E-state index in [9.17, 15) is 8.42 Å². The molecule has 0 radical (unpaired) electrons. The van der Waals surface area contributed by atoms with Crippen LogP contribution in [-0.4, -0.2) is 25.8 Å². The molecule has 6 heteroatoms. The molecular weight excluding hydrogens is 316 g/mol. The van der Waals surface area contributed by atoms with Crippen LogP contribution in [-0.2, 0) is 10.0 Å². The minimum atomic E-state index is -3.45. The van der Waals surface area contributed by atoms with Crippen LogP contribution >= 0.6 is 15.9 Å². The predicted molar refractivity (Wildman–Crippen MR) is 75.7 cm³/mol. The number of sulfonamides is 1. The van der Waals surface area contributed by atoms with Gasteiger partial charge in [0.1, 0.15) is 0 Å². The van der Waals surface area contributed by atoms with Crippen molar-refractivity contribution in [2.45, 2.75) is 30.7 Å². The van der Waals surface area contributed by atoms with Gasteiger partial charge >= 0.3 is 0 Å². The summed E-state index contributed by atoms with van der Waals surface area (Å²) in [7, 11) is -1.81. The fourth-order valence-corrected chi connectivity index (χ4v) is 3.65. The first kappa shape index (κ1) is 13.8. The number of benzene rings is 1. The second-order valence-electron chi connectivity index (χ2n) is 4.78. The second-order valence-corrected chi connectivity index (χ2v) is 7.63. The third kappa shape index (κ3) is 2.55. The molecule has 2 rings (SSSR count). The summed E-state index contributed by atoms with van der Waals surface area (Å²) in [6.07, 6.45) is 2.23. The van der Waals surface area contributed by atoms with Gasteiger partial charge in [0.25, 0.3) is 0 Å². The lowest BCUT2D eigenvalue weighted by Crippen LogP contribution is -2.36. The van der Waals surface area contributed by atoms with Gasteiger partial charge < -0.3 is 5.73 Å². The van der Waals surface area contributed by atoms with E-state index < -0.39 is 10.0 Å². The number of nitrogens with zero attached hydrogens (tertiary/aromatic N) is 1. The number of nitrogens with two attached hydrogens (primary N) is 1. The summed E-state index contributed by atoms with van der Waals surface area (Å²) >= 11 is 3.26. The van der Waals surface area contributed by atoms with Crippen molar-refractivity contribution in [2.75, 3.05) is 12.8 Å². The average molecular weight is 333 g/mol. The Labute approximate surface area is 116 Å². The summed E-state index contributed by atoms with van der Waals surface area (Å²) < 4.78 is 27.0. The molecule has 0 bridgehead atoms. The van der Waals surface area contributed by atoms with Crippen LogP contribution in [0.25, 0.3) is 0 Å². The molecule has 2 N–H and O–H groups in total. The third-order valence-electron chi connectivity index (χ3n) is 3.52. The standard InChI is InChI=1S/C12H17BrN2O2S/c1-8(9-3-4-9)15(2)18(16,17)10-5-6-11(13)12(14)7-10/h5-9H,3-4,14H2,1-2H3.